The van der Waals surface area contributed by atoms with E-state index in [2.05, 4.69) is 5.32 Å². The largest absolute Gasteiger partial charge is 0.508 e. The van der Waals surface area contributed by atoms with E-state index in [0.717, 1.165) is 12.0 Å². The minimum Gasteiger partial charge on any atom is -0.508 e. The number of benzene rings is 2. The van der Waals surface area contributed by atoms with E-state index in [1.54, 1.807) is 18.2 Å². The van der Waals surface area contributed by atoms with Crippen molar-refractivity contribution in [3.05, 3.63) is 59.2 Å². The zero-order valence-electron chi connectivity index (χ0n) is 14.4. The number of carbonyl (C=O) groups excluding carboxylic acids is 1. The van der Waals surface area contributed by atoms with E-state index in [0.29, 0.717) is 5.56 Å². The lowest BCUT2D eigenvalue weighted by molar-refractivity contribution is 0.104. The highest BCUT2D eigenvalue weighted by Gasteiger charge is 2.16. The molecule has 1 unspecified atom stereocenters. The Balaban J connectivity index is 2.20. The maximum absolute atomic E-state index is 12.4. The van der Waals surface area contributed by atoms with E-state index in [1.165, 1.54) is 30.3 Å². The average Bonchev–Trinajstić information content (AvgIpc) is 2.60. The van der Waals surface area contributed by atoms with Gasteiger partial charge in [0.2, 0.25) is 0 Å². The highest BCUT2D eigenvalue weighted by molar-refractivity contribution is 6.09. The number of hydrogen-bond donors (Lipinski definition) is 4. The van der Waals surface area contributed by atoms with Crippen LogP contribution in [0.25, 0.3) is 6.08 Å². The van der Waals surface area contributed by atoms with Gasteiger partial charge in [0.1, 0.15) is 17.2 Å². The second-order valence-corrected chi connectivity index (χ2v) is 5.94. The Labute approximate surface area is 147 Å². The third kappa shape index (κ3) is 4.84. The first kappa shape index (κ1) is 18.5. The molecule has 25 heavy (non-hydrogen) atoms. The molecule has 4 N–H and O–H groups in total. The maximum Gasteiger partial charge on any atom is 0.189 e. The van der Waals surface area contributed by atoms with Crippen molar-refractivity contribution in [1.82, 2.24) is 5.32 Å². The van der Waals surface area contributed by atoms with E-state index in [9.17, 15) is 20.1 Å². The van der Waals surface area contributed by atoms with Gasteiger partial charge in [0, 0.05) is 12.6 Å². The number of allylic oxidation sites excluding steroid dienone is 1. The van der Waals surface area contributed by atoms with Gasteiger partial charge in [-0.3, -0.25) is 4.79 Å². The van der Waals surface area contributed by atoms with E-state index in [1.807, 2.05) is 13.8 Å². The van der Waals surface area contributed by atoms with Gasteiger partial charge in [0.25, 0.3) is 0 Å². The number of ketones is 1. The van der Waals surface area contributed by atoms with Crippen molar-refractivity contribution in [3.8, 4) is 17.2 Å². The van der Waals surface area contributed by atoms with E-state index < -0.39 is 0 Å². The first-order valence-electron chi connectivity index (χ1n) is 8.21. The minimum atomic E-state index is -0.365. The molecule has 0 aliphatic heterocycles. The Bertz CT molecular complexity index is 766. The molecule has 0 bridgehead atoms. The molecule has 0 fully saturated rings. The molecule has 2 aromatic rings. The van der Waals surface area contributed by atoms with E-state index in [4.69, 9.17) is 0 Å². The van der Waals surface area contributed by atoms with Crippen molar-refractivity contribution < 1.29 is 20.1 Å². The van der Waals surface area contributed by atoms with Crippen LogP contribution in [0.5, 0.6) is 17.2 Å². The van der Waals surface area contributed by atoms with Crippen LogP contribution in [-0.2, 0) is 6.54 Å². The fourth-order valence-corrected chi connectivity index (χ4v) is 2.27. The zero-order valence-corrected chi connectivity index (χ0v) is 14.4. The fraction of sp³-hybridized carbons (Fsp3) is 0.250. The lowest BCUT2D eigenvalue weighted by Crippen LogP contribution is -2.24. The van der Waals surface area contributed by atoms with Crippen LogP contribution in [-0.4, -0.2) is 27.1 Å². The predicted molar refractivity (Wildman–Crippen MR) is 97.8 cm³/mol. The molecule has 2 rings (SSSR count). The van der Waals surface area contributed by atoms with Gasteiger partial charge in [-0.1, -0.05) is 25.1 Å². The Morgan fingerprint density at radius 2 is 1.80 bits per heavy atom. The van der Waals surface area contributed by atoms with Gasteiger partial charge >= 0.3 is 0 Å². The molecule has 2 aromatic carbocycles. The Morgan fingerprint density at radius 3 is 2.44 bits per heavy atom. The Hall–Kier alpha value is -2.79. The first-order chi connectivity index (χ1) is 11.9. The molecule has 0 amide bonds. The van der Waals surface area contributed by atoms with Gasteiger partial charge in [-0.25, -0.2) is 0 Å². The normalized spacial score (nSPS) is 12.4. The van der Waals surface area contributed by atoms with Gasteiger partial charge in [0.05, 0.1) is 11.1 Å². The summed E-state index contributed by atoms with van der Waals surface area (Å²) in [4.78, 5) is 12.4. The van der Waals surface area contributed by atoms with E-state index in [-0.39, 0.29) is 41.2 Å². The monoisotopic (exact) mass is 341 g/mol. The molecule has 5 nitrogen and oxygen atoms in total. The molecule has 0 radical (unpaired) electrons. The fourth-order valence-electron chi connectivity index (χ4n) is 2.27. The molecule has 0 heterocycles. The van der Waals surface area contributed by atoms with Crippen LogP contribution in [0.4, 0.5) is 0 Å². The Morgan fingerprint density at radius 1 is 1.12 bits per heavy atom. The van der Waals surface area contributed by atoms with Crippen LogP contribution in [0.2, 0.25) is 0 Å². The average molecular weight is 341 g/mol. The number of rotatable bonds is 7. The van der Waals surface area contributed by atoms with Crippen LogP contribution in [0, 0.1) is 0 Å². The predicted octanol–water partition coefficient (Wildman–Crippen LogP) is 3.59. The van der Waals surface area contributed by atoms with Crippen LogP contribution in [0.15, 0.2) is 42.5 Å². The van der Waals surface area contributed by atoms with Gasteiger partial charge in [-0.15, -0.1) is 0 Å². The maximum atomic E-state index is 12.4. The van der Waals surface area contributed by atoms with Gasteiger partial charge in [-0.05, 0) is 49.2 Å². The van der Waals surface area contributed by atoms with Crippen molar-refractivity contribution in [2.24, 2.45) is 0 Å². The molecular formula is C20H23NO4. The van der Waals surface area contributed by atoms with Crippen molar-refractivity contribution in [1.29, 1.82) is 0 Å². The molecule has 0 aliphatic rings. The summed E-state index contributed by atoms with van der Waals surface area (Å²) in [6.45, 7) is 4.31. The summed E-state index contributed by atoms with van der Waals surface area (Å²) in [5.41, 5.74) is 1.20. The smallest absolute Gasteiger partial charge is 0.189 e. The molecule has 0 aliphatic carbocycles. The van der Waals surface area contributed by atoms with Gasteiger partial charge < -0.3 is 20.6 Å². The molecule has 132 valence electrons. The van der Waals surface area contributed by atoms with Crippen molar-refractivity contribution in [2.45, 2.75) is 32.9 Å². The molecule has 0 spiro atoms. The van der Waals surface area contributed by atoms with Crippen molar-refractivity contribution in [3.63, 3.8) is 0 Å². The lowest BCUT2D eigenvalue weighted by Gasteiger charge is -2.14. The molecule has 0 saturated heterocycles. The molecule has 0 aromatic heterocycles. The highest BCUT2D eigenvalue weighted by Crippen LogP contribution is 2.31. The highest BCUT2D eigenvalue weighted by atomic mass is 16.3. The van der Waals surface area contributed by atoms with Crippen molar-refractivity contribution in [2.75, 3.05) is 0 Å². The number of hydrogen-bond acceptors (Lipinski definition) is 5. The molecule has 5 heteroatoms. The zero-order chi connectivity index (χ0) is 18.4. The van der Waals surface area contributed by atoms with Crippen molar-refractivity contribution >= 4 is 11.9 Å². The standard InChI is InChI=1S/C20H23NO4/c1-3-13(2)21-12-17-19(24)11-9-16(20(17)25)18(23)10-6-14-4-7-15(22)8-5-14/h4-11,13,21-22,24-25H,3,12H2,1-2H3/b10-6+. The first-order valence-corrected chi connectivity index (χ1v) is 8.21. The SMILES string of the molecule is CCC(C)NCc1c(O)ccc(C(=O)/C=C/c2ccc(O)cc2)c1O. The number of nitrogens with one attached hydrogen (secondary N) is 1. The number of phenolic OH excluding ortho intramolecular Hbond substituents is 3. The number of carbonyl (C=O) groups is 1. The van der Waals surface area contributed by atoms with Crippen LogP contribution in [0.3, 0.4) is 0 Å². The summed E-state index contributed by atoms with van der Waals surface area (Å²) in [6, 6.07) is 9.46. The van der Waals surface area contributed by atoms with E-state index >= 15 is 0 Å². The molecule has 1 atom stereocenters. The number of phenols is 3. The molecular weight excluding hydrogens is 318 g/mol. The summed E-state index contributed by atoms with van der Waals surface area (Å²) in [6.07, 6.45) is 3.87. The Kier molecular flexibility index (Phi) is 6.19. The van der Waals surface area contributed by atoms with Crippen LogP contribution in [0.1, 0.15) is 41.8 Å². The number of aromatic hydroxyl groups is 3. The molecule has 0 saturated carbocycles. The summed E-state index contributed by atoms with van der Waals surface area (Å²) in [5, 5.41) is 32.8. The lowest BCUT2D eigenvalue weighted by atomic mass is 10.0. The third-order valence-electron chi connectivity index (χ3n) is 4.08. The quantitative estimate of drug-likeness (QED) is 0.456. The van der Waals surface area contributed by atoms with Gasteiger partial charge in [-0.2, -0.15) is 0 Å². The third-order valence-corrected chi connectivity index (χ3v) is 4.08. The summed E-state index contributed by atoms with van der Waals surface area (Å²) in [7, 11) is 0. The topological polar surface area (TPSA) is 89.8 Å². The van der Waals surface area contributed by atoms with Crippen LogP contribution >= 0.6 is 0 Å². The minimum absolute atomic E-state index is 0.0487. The van der Waals surface area contributed by atoms with Crippen LogP contribution < -0.4 is 5.32 Å². The second-order valence-electron chi connectivity index (χ2n) is 5.94. The summed E-state index contributed by atoms with van der Waals surface area (Å²) >= 11 is 0. The second kappa shape index (κ2) is 8.35. The summed E-state index contributed by atoms with van der Waals surface area (Å²) < 4.78 is 0. The van der Waals surface area contributed by atoms with Gasteiger partial charge in [0.15, 0.2) is 5.78 Å². The summed E-state index contributed by atoms with van der Waals surface area (Å²) in [5.74, 6) is -0.475.